The Hall–Kier alpha value is -0.0800. The van der Waals surface area contributed by atoms with Gasteiger partial charge < -0.3 is 10.4 Å². The predicted molar refractivity (Wildman–Crippen MR) is 88.3 cm³/mol. The van der Waals surface area contributed by atoms with Crippen LogP contribution in [0.1, 0.15) is 84.0 Å². The number of hydrogen-bond acceptors (Lipinski definition) is 2. The standard InChI is InChI=1S/C19H35NO/c1-2-3-4-5-6-7-8-9-20-18-16-10-15-11-17(18)14-19(21,12-15)13-16/h15-18,20-21H,2-14H2,1H3. The van der Waals surface area contributed by atoms with Crippen LogP contribution >= 0.6 is 0 Å². The van der Waals surface area contributed by atoms with Gasteiger partial charge in [-0.05, 0) is 62.8 Å². The second kappa shape index (κ2) is 7.00. The number of unbranched alkanes of at least 4 members (excludes halogenated alkanes) is 6. The van der Waals surface area contributed by atoms with Gasteiger partial charge in [0.05, 0.1) is 5.60 Å². The summed E-state index contributed by atoms with van der Waals surface area (Å²) in [7, 11) is 0. The summed E-state index contributed by atoms with van der Waals surface area (Å²) in [4.78, 5) is 0. The molecule has 0 aromatic rings. The molecule has 0 aromatic heterocycles. The van der Waals surface area contributed by atoms with Crippen molar-refractivity contribution in [1.29, 1.82) is 0 Å². The number of rotatable bonds is 9. The summed E-state index contributed by atoms with van der Waals surface area (Å²) in [5.74, 6) is 2.38. The summed E-state index contributed by atoms with van der Waals surface area (Å²) in [5, 5.41) is 14.5. The Morgan fingerprint density at radius 2 is 1.52 bits per heavy atom. The van der Waals surface area contributed by atoms with Gasteiger partial charge in [0.2, 0.25) is 0 Å². The number of aliphatic hydroxyl groups is 1. The maximum Gasteiger partial charge on any atom is 0.0657 e. The molecule has 2 heteroatoms. The molecule has 2 N–H and O–H groups in total. The van der Waals surface area contributed by atoms with Gasteiger partial charge in [-0.3, -0.25) is 0 Å². The minimum Gasteiger partial charge on any atom is -0.390 e. The van der Waals surface area contributed by atoms with Gasteiger partial charge in [0.1, 0.15) is 0 Å². The fourth-order valence-electron chi connectivity index (χ4n) is 5.67. The van der Waals surface area contributed by atoms with Crippen LogP contribution in [-0.4, -0.2) is 23.3 Å². The number of nitrogens with one attached hydrogen (secondary N) is 1. The molecule has 0 amide bonds. The molecule has 4 saturated carbocycles. The molecule has 4 bridgehead atoms. The average Bonchev–Trinajstić information content (AvgIpc) is 2.42. The first kappa shape index (κ1) is 15.8. The van der Waals surface area contributed by atoms with Crippen molar-refractivity contribution in [3.8, 4) is 0 Å². The monoisotopic (exact) mass is 293 g/mol. The van der Waals surface area contributed by atoms with E-state index in [1.54, 1.807) is 0 Å². The zero-order chi connectivity index (χ0) is 14.7. The molecule has 4 aliphatic carbocycles. The highest BCUT2D eigenvalue weighted by atomic mass is 16.3. The van der Waals surface area contributed by atoms with E-state index in [9.17, 15) is 5.11 Å². The second-order valence-corrected chi connectivity index (χ2v) is 8.30. The first-order valence-electron chi connectivity index (χ1n) is 9.66. The SMILES string of the molecule is CCCCCCCCCNC1C2CC3CC1CC(O)(C3)C2. The van der Waals surface area contributed by atoms with E-state index in [0.29, 0.717) is 0 Å². The molecule has 122 valence electrons. The molecule has 2 atom stereocenters. The third-order valence-corrected chi connectivity index (χ3v) is 6.40. The van der Waals surface area contributed by atoms with E-state index in [4.69, 9.17) is 0 Å². The van der Waals surface area contributed by atoms with E-state index in [0.717, 1.165) is 43.1 Å². The van der Waals surface area contributed by atoms with Crippen molar-refractivity contribution < 1.29 is 5.11 Å². The van der Waals surface area contributed by atoms with Crippen LogP contribution in [0.5, 0.6) is 0 Å². The average molecular weight is 293 g/mol. The molecule has 0 radical (unpaired) electrons. The highest BCUT2D eigenvalue weighted by molar-refractivity contribution is 5.07. The predicted octanol–water partition coefficient (Wildman–Crippen LogP) is 4.27. The van der Waals surface area contributed by atoms with Gasteiger partial charge in [0.15, 0.2) is 0 Å². The Morgan fingerprint density at radius 3 is 2.14 bits per heavy atom. The van der Waals surface area contributed by atoms with E-state index >= 15 is 0 Å². The van der Waals surface area contributed by atoms with Crippen LogP contribution in [0, 0.1) is 17.8 Å². The smallest absolute Gasteiger partial charge is 0.0657 e. The quantitative estimate of drug-likeness (QED) is 0.622. The molecule has 0 saturated heterocycles. The first-order chi connectivity index (χ1) is 10.2. The van der Waals surface area contributed by atoms with Crippen LogP contribution in [0.4, 0.5) is 0 Å². The minimum absolute atomic E-state index is 0.270. The van der Waals surface area contributed by atoms with Crippen LogP contribution in [0.15, 0.2) is 0 Å². The molecule has 21 heavy (non-hydrogen) atoms. The Kier molecular flexibility index (Phi) is 5.27. The van der Waals surface area contributed by atoms with E-state index in [-0.39, 0.29) is 5.60 Å². The molecular formula is C19H35NO. The molecule has 0 aromatic carbocycles. The normalized spacial score (nSPS) is 40.9. The molecule has 2 nitrogen and oxygen atoms in total. The van der Waals surface area contributed by atoms with Crippen LogP contribution in [0.3, 0.4) is 0 Å². The summed E-state index contributed by atoms with van der Waals surface area (Å²) in [6.45, 7) is 3.49. The van der Waals surface area contributed by atoms with Crippen molar-refractivity contribution in [2.45, 2.75) is 95.6 Å². The molecule has 4 aliphatic rings. The molecule has 0 aliphatic heterocycles. The topological polar surface area (TPSA) is 32.3 Å². The molecule has 0 spiro atoms. The maximum absolute atomic E-state index is 10.6. The molecule has 4 fully saturated rings. The summed E-state index contributed by atoms with van der Waals surface area (Å²) in [6, 6.07) is 0.724. The van der Waals surface area contributed by atoms with Crippen LogP contribution < -0.4 is 5.32 Å². The molecule has 2 unspecified atom stereocenters. The van der Waals surface area contributed by atoms with Gasteiger partial charge in [-0.15, -0.1) is 0 Å². The van der Waals surface area contributed by atoms with E-state index in [1.165, 1.54) is 64.3 Å². The van der Waals surface area contributed by atoms with E-state index in [2.05, 4.69) is 12.2 Å². The lowest BCUT2D eigenvalue weighted by atomic mass is 9.52. The molecular weight excluding hydrogens is 258 g/mol. The van der Waals surface area contributed by atoms with Crippen molar-refractivity contribution in [2.24, 2.45) is 17.8 Å². The van der Waals surface area contributed by atoms with Gasteiger partial charge >= 0.3 is 0 Å². The van der Waals surface area contributed by atoms with Crippen molar-refractivity contribution in [3.63, 3.8) is 0 Å². The third-order valence-electron chi connectivity index (χ3n) is 6.40. The lowest BCUT2D eigenvalue weighted by Gasteiger charge is -2.58. The molecule has 0 heterocycles. The Balaban J connectivity index is 1.32. The van der Waals surface area contributed by atoms with Gasteiger partial charge in [0.25, 0.3) is 0 Å². The zero-order valence-corrected chi connectivity index (χ0v) is 13.9. The molecule has 4 rings (SSSR count). The first-order valence-corrected chi connectivity index (χ1v) is 9.66. The third kappa shape index (κ3) is 3.82. The van der Waals surface area contributed by atoms with Crippen molar-refractivity contribution in [3.05, 3.63) is 0 Å². The minimum atomic E-state index is -0.270. The highest BCUT2D eigenvalue weighted by Crippen LogP contribution is 2.55. The lowest BCUT2D eigenvalue weighted by Crippen LogP contribution is -2.60. The van der Waals surface area contributed by atoms with Crippen LogP contribution in [0.2, 0.25) is 0 Å². The Bertz CT molecular complexity index is 314. The van der Waals surface area contributed by atoms with Crippen molar-refractivity contribution in [2.75, 3.05) is 6.54 Å². The van der Waals surface area contributed by atoms with Crippen molar-refractivity contribution in [1.82, 2.24) is 5.32 Å². The highest BCUT2D eigenvalue weighted by Gasteiger charge is 2.54. The van der Waals surface area contributed by atoms with E-state index < -0.39 is 0 Å². The fourth-order valence-corrected chi connectivity index (χ4v) is 5.67. The van der Waals surface area contributed by atoms with Gasteiger partial charge in [-0.25, -0.2) is 0 Å². The van der Waals surface area contributed by atoms with Crippen LogP contribution in [0.25, 0.3) is 0 Å². The van der Waals surface area contributed by atoms with Gasteiger partial charge in [0, 0.05) is 6.04 Å². The Labute approximate surface area is 131 Å². The largest absolute Gasteiger partial charge is 0.390 e. The summed E-state index contributed by atoms with van der Waals surface area (Å²) in [5.41, 5.74) is -0.270. The van der Waals surface area contributed by atoms with Gasteiger partial charge in [-0.1, -0.05) is 45.4 Å². The van der Waals surface area contributed by atoms with E-state index in [1.807, 2.05) is 0 Å². The van der Waals surface area contributed by atoms with Gasteiger partial charge in [-0.2, -0.15) is 0 Å². The van der Waals surface area contributed by atoms with Crippen LogP contribution in [-0.2, 0) is 0 Å². The summed E-state index contributed by atoms with van der Waals surface area (Å²) < 4.78 is 0. The maximum atomic E-state index is 10.6. The number of hydrogen-bond donors (Lipinski definition) is 2. The second-order valence-electron chi connectivity index (χ2n) is 8.30. The fraction of sp³-hybridized carbons (Fsp3) is 1.00. The summed E-state index contributed by atoms with van der Waals surface area (Å²) >= 11 is 0. The summed E-state index contributed by atoms with van der Waals surface area (Å²) in [6.07, 6.45) is 15.8. The van der Waals surface area contributed by atoms with Crippen molar-refractivity contribution >= 4 is 0 Å². The Morgan fingerprint density at radius 1 is 0.905 bits per heavy atom. The zero-order valence-electron chi connectivity index (χ0n) is 13.9. The lowest BCUT2D eigenvalue weighted by molar-refractivity contribution is -0.138.